The molecule has 0 saturated heterocycles. The minimum Gasteiger partial charge on any atom is -0.497 e. The first-order chi connectivity index (χ1) is 13.8. The molecule has 5 nitrogen and oxygen atoms in total. The second-order valence-corrected chi connectivity index (χ2v) is 6.75. The summed E-state index contributed by atoms with van der Waals surface area (Å²) in [4.78, 5) is 26.5. The fraction of sp³-hybridized carbons (Fsp3) is 0.238. The van der Waals surface area contributed by atoms with Crippen LogP contribution in [0.25, 0.3) is 0 Å². The number of nitrogens with zero attached hydrogens (tertiary/aromatic N) is 1. The van der Waals surface area contributed by atoms with Gasteiger partial charge in [-0.15, -0.1) is 0 Å². The van der Waals surface area contributed by atoms with E-state index >= 15 is 0 Å². The Balaban J connectivity index is 1.81. The highest BCUT2D eigenvalue weighted by Crippen LogP contribution is 2.43. The first-order valence-corrected chi connectivity index (χ1v) is 8.84. The molecule has 1 amide bonds. The van der Waals surface area contributed by atoms with Crippen LogP contribution in [0, 0.1) is 0 Å². The summed E-state index contributed by atoms with van der Waals surface area (Å²) in [5.41, 5.74) is 0.450. The fourth-order valence-corrected chi connectivity index (χ4v) is 3.72. The molecule has 2 heterocycles. The Kier molecular flexibility index (Phi) is 4.56. The minimum atomic E-state index is -4.54. The molecule has 150 valence electrons. The monoisotopic (exact) mass is 403 g/mol. The second kappa shape index (κ2) is 6.95. The van der Waals surface area contributed by atoms with Crippen molar-refractivity contribution in [2.45, 2.75) is 18.5 Å². The van der Waals surface area contributed by atoms with E-state index in [0.29, 0.717) is 11.3 Å². The third-order valence-electron chi connectivity index (χ3n) is 5.05. The van der Waals surface area contributed by atoms with E-state index in [1.807, 2.05) is 0 Å². The third-order valence-corrected chi connectivity index (χ3v) is 5.05. The largest absolute Gasteiger partial charge is 0.497 e. The lowest BCUT2D eigenvalue weighted by Gasteiger charge is -2.32. The Bertz CT molecular complexity index is 1030. The Morgan fingerprint density at radius 3 is 2.59 bits per heavy atom. The maximum Gasteiger partial charge on any atom is 0.416 e. The Labute approximate surface area is 164 Å². The van der Waals surface area contributed by atoms with Crippen LogP contribution in [0.2, 0.25) is 0 Å². The van der Waals surface area contributed by atoms with Crippen LogP contribution >= 0.6 is 0 Å². The summed E-state index contributed by atoms with van der Waals surface area (Å²) in [7, 11) is 1.51. The predicted molar refractivity (Wildman–Crippen MR) is 97.3 cm³/mol. The molecule has 1 atom stereocenters. The number of benzene rings is 2. The number of halogens is 3. The van der Waals surface area contributed by atoms with Crippen LogP contribution < -0.4 is 9.64 Å². The van der Waals surface area contributed by atoms with E-state index in [1.54, 1.807) is 24.3 Å². The molecule has 8 heteroatoms. The average molecular weight is 403 g/mol. The number of methoxy groups -OCH3 is 1. The molecular formula is C21H16F3NO4. The molecule has 2 aliphatic rings. The quantitative estimate of drug-likeness (QED) is 0.726. The van der Waals surface area contributed by atoms with Crippen molar-refractivity contribution in [3.05, 3.63) is 70.9 Å². The number of alkyl halides is 3. The standard InChI is InChI=1S/C21H16F3NO4/c1-28-15-7-2-4-12(8-15)16-10-18(26)25(17-11-29-20(27)19(16)17)14-6-3-5-13(9-14)21(22,23)24/h2-9,16H,10-11H2,1H3/t16-/m0/s1. The van der Waals surface area contributed by atoms with Crippen LogP contribution in [0.3, 0.4) is 0 Å². The smallest absolute Gasteiger partial charge is 0.416 e. The summed E-state index contributed by atoms with van der Waals surface area (Å²) in [6.45, 7) is -0.170. The van der Waals surface area contributed by atoms with Crippen LogP contribution in [0.5, 0.6) is 5.75 Å². The van der Waals surface area contributed by atoms with E-state index in [-0.39, 0.29) is 30.0 Å². The van der Waals surface area contributed by atoms with Gasteiger partial charge in [0.2, 0.25) is 5.91 Å². The highest BCUT2D eigenvalue weighted by Gasteiger charge is 2.43. The van der Waals surface area contributed by atoms with Crippen molar-refractivity contribution >= 4 is 17.6 Å². The van der Waals surface area contributed by atoms with E-state index in [9.17, 15) is 22.8 Å². The van der Waals surface area contributed by atoms with Crippen molar-refractivity contribution < 1.29 is 32.2 Å². The molecule has 29 heavy (non-hydrogen) atoms. The molecule has 0 N–H and O–H groups in total. The van der Waals surface area contributed by atoms with Gasteiger partial charge in [-0.25, -0.2) is 4.79 Å². The van der Waals surface area contributed by atoms with Gasteiger partial charge >= 0.3 is 12.1 Å². The van der Waals surface area contributed by atoms with Crippen LogP contribution in [-0.4, -0.2) is 25.6 Å². The van der Waals surface area contributed by atoms with E-state index in [0.717, 1.165) is 17.0 Å². The van der Waals surface area contributed by atoms with Gasteiger partial charge in [-0.1, -0.05) is 18.2 Å². The van der Waals surface area contributed by atoms with E-state index in [1.165, 1.54) is 19.2 Å². The number of carbonyl (C=O) groups is 2. The van der Waals surface area contributed by atoms with Gasteiger partial charge < -0.3 is 9.47 Å². The molecule has 0 bridgehead atoms. The third kappa shape index (κ3) is 3.35. The first-order valence-electron chi connectivity index (χ1n) is 8.84. The van der Waals surface area contributed by atoms with E-state index in [2.05, 4.69) is 0 Å². The summed E-state index contributed by atoms with van der Waals surface area (Å²) < 4.78 is 49.7. The average Bonchev–Trinajstić information content (AvgIpc) is 3.08. The summed E-state index contributed by atoms with van der Waals surface area (Å²) in [6, 6.07) is 11.5. The fourth-order valence-electron chi connectivity index (χ4n) is 3.72. The van der Waals surface area contributed by atoms with Crippen molar-refractivity contribution in [1.29, 1.82) is 0 Å². The minimum absolute atomic E-state index is 0.0553. The molecule has 0 aliphatic carbocycles. The van der Waals surface area contributed by atoms with Gasteiger partial charge in [-0.05, 0) is 35.9 Å². The van der Waals surface area contributed by atoms with Gasteiger partial charge in [0.25, 0.3) is 0 Å². The predicted octanol–water partition coefficient (Wildman–Crippen LogP) is 4.05. The van der Waals surface area contributed by atoms with Crippen LogP contribution in [0.4, 0.5) is 18.9 Å². The Morgan fingerprint density at radius 2 is 1.86 bits per heavy atom. The SMILES string of the molecule is COc1cccc([C@@H]2CC(=O)N(c3cccc(C(F)(F)F)c3)C3=C2C(=O)OC3)c1. The normalized spacial score (nSPS) is 19.3. The van der Waals surface area contributed by atoms with Crippen molar-refractivity contribution in [3.8, 4) is 5.75 Å². The number of esters is 1. The molecule has 0 aromatic heterocycles. The van der Waals surface area contributed by atoms with Crippen molar-refractivity contribution in [2.24, 2.45) is 0 Å². The number of cyclic esters (lactones) is 1. The molecular weight excluding hydrogens is 387 g/mol. The van der Waals surface area contributed by atoms with Gasteiger partial charge in [-0.2, -0.15) is 13.2 Å². The van der Waals surface area contributed by atoms with Gasteiger partial charge in [-0.3, -0.25) is 9.69 Å². The maximum atomic E-state index is 13.1. The van der Waals surface area contributed by atoms with Crippen molar-refractivity contribution in [2.75, 3.05) is 18.6 Å². The number of hydrogen-bond donors (Lipinski definition) is 0. The van der Waals surface area contributed by atoms with Crippen LogP contribution in [0.15, 0.2) is 59.8 Å². The van der Waals surface area contributed by atoms with Gasteiger partial charge in [0.05, 0.1) is 23.9 Å². The molecule has 0 radical (unpaired) electrons. The highest BCUT2D eigenvalue weighted by atomic mass is 19.4. The summed E-state index contributed by atoms with van der Waals surface area (Å²) in [5.74, 6) is -0.958. The Morgan fingerprint density at radius 1 is 1.10 bits per heavy atom. The molecule has 2 aromatic rings. The molecule has 0 saturated carbocycles. The molecule has 2 aromatic carbocycles. The second-order valence-electron chi connectivity index (χ2n) is 6.75. The van der Waals surface area contributed by atoms with Crippen LogP contribution in [0.1, 0.15) is 23.5 Å². The zero-order chi connectivity index (χ0) is 20.8. The first kappa shape index (κ1) is 19.0. The lowest BCUT2D eigenvalue weighted by Crippen LogP contribution is -2.37. The van der Waals surface area contributed by atoms with Gasteiger partial charge in [0, 0.05) is 18.0 Å². The zero-order valence-electron chi connectivity index (χ0n) is 15.3. The van der Waals surface area contributed by atoms with E-state index < -0.39 is 29.5 Å². The van der Waals surface area contributed by atoms with Crippen molar-refractivity contribution in [3.63, 3.8) is 0 Å². The number of rotatable bonds is 3. The lowest BCUT2D eigenvalue weighted by molar-refractivity contribution is -0.138. The maximum absolute atomic E-state index is 13.1. The summed E-state index contributed by atoms with van der Waals surface area (Å²) in [6.07, 6.45) is -4.62. The lowest BCUT2D eigenvalue weighted by atomic mass is 9.84. The Hall–Kier alpha value is -3.29. The van der Waals surface area contributed by atoms with Crippen LogP contribution in [-0.2, 0) is 20.5 Å². The number of carbonyl (C=O) groups excluding carboxylic acids is 2. The number of amides is 1. The van der Waals surface area contributed by atoms with Gasteiger partial charge in [0.1, 0.15) is 12.4 Å². The highest BCUT2D eigenvalue weighted by molar-refractivity contribution is 6.06. The molecule has 0 spiro atoms. The molecule has 4 rings (SSSR count). The summed E-state index contributed by atoms with van der Waals surface area (Å²) >= 11 is 0. The number of anilines is 1. The molecule has 2 aliphatic heterocycles. The van der Waals surface area contributed by atoms with E-state index in [4.69, 9.17) is 9.47 Å². The van der Waals surface area contributed by atoms with Crippen molar-refractivity contribution in [1.82, 2.24) is 0 Å². The molecule has 0 unspecified atom stereocenters. The number of hydrogen-bond acceptors (Lipinski definition) is 4. The summed E-state index contributed by atoms with van der Waals surface area (Å²) in [5, 5.41) is 0. The topological polar surface area (TPSA) is 55.8 Å². The van der Waals surface area contributed by atoms with Gasteiger partial charge in [0.15, 0.2) is 0 Å². The molecule has 0 fully saturated rings. The number of ether oxygens (including phenoxy) is 2. The zero-order valence-corrected chi connectivity index (χ0v) is 15.3.